The molecule has 3 heterocycles. The molecule has 2 aromatic carbocycles. The Morgan fingerprint density at radius 2 is 1.90 bits per heavy atom. The molecule has 3 aliphatic heterocycles. The molecule has 0 aromatic heterocycles. The topological polar surface area (TPSA) is 120 Å². The van der Waals surface area contributed by atoms with Gasteiger partial charge in [-0.25, -0.2) is 4.79 Å². The Bertz CT molecular complexity index is 1300. The molecule has 11 heteroatoms. The van der Waals surface area contributed by atoms with Gasteiger partial charge in [-0.1, -0.05) is 37.3 Å². The average Bonchev–Trinajstić information content (AvgIpc) is 3.53. The Morgan fingerprint density at radius 3 is 2.52 bits per heavy atom. The van der Waals surface area contributed by atoms with Gasteiger partial charge in [-0.15, -0.1) is 0 Å². The number of cyclic esters (lactones) is 1. The Hall–Kier alpha value is -3.25. The van der Waals surface area contributed by atoms with Crippen LogP contribution in [0.1, 0.15) is 24.5 Å². The molecule has 0 radical (unpaired) electrons. The first-order chi connectivity index (χ1) is 19.0. The second-order valence-electron chi connectivity index (χ2n) is 11.4. The number of nitrogens with zero attached hydrogens (tertiary/aromatic N) is 3. The average molecular weight is 568 g/mol. The van der Waals surface area contributed by atoms with Crippen molar-refractivity contribution in [1.29, 1.82) is 0 Å². The minimum Gasteiger partial charge on any atom is -0.447 e. The minimum atomic E-state index is -2.96. The number of rotatable bonds is 8. The number of aliphatic hydroxyl groups is 1. The highest BCUT2D eigenvalue weighted by Gasteiger charge is 2.66. The maximum Gasteiger partial charge on any atom is 0.414 e. The number of hydrogen-bond donors (Lipinski definition) is 2. The standard InChI is InChI=1S/C29H37N3O7Si/c1-19-26(40(3,4)37)24(17-25(34)31(12-14-33)18-20-8-6-5-7-9-20)39-29(19)22-16-21(32-13-15-38-28(32)36)10-11-23(22)30(2)27(29)35/h5-11,16,19,24,26,33,37H,12-15,17-18H2,1-4H3/t19-,24+,26-,29+/m0/s1. The lowest BCUT2D eigenvalue weighted by Crippen LogP contribution is -2.45. The number of anilines is 2. The lowest BCUT2D eigenvalue weighted by Gasteiger charge is -2.32. The van der Waals surface area contributed by atoms with Crippen LogP contribution in [0.25, 0.3) is 0 Å². The lowest BCUT2D eigenvalue weighted by atomic mass is 9.82. The highest BCUT2D eigenvalue weighted by Crippen LogP contribution is 2.59. The SMILES string of the molecule is C[C@H]1[C@H]([Si](C)(C)O)[C@@H](CC(=O)N(CCO)Cc2ccccc2)O[C@]12C(=O)N(C)c1ccc(N3CCOC3=O)cc12. The summed E-state index contributed by atoms with van der Waals surface area (Å²) in [5.74, 6) is -0.914. The number of likely N-dealkylation sites (N-methyl/N-ethyl adjacent to an activating group) is 1. The first kappa shape index (κ1) is 28.3. The zero-order chi connectivity index (χ0) is 28.8. The minimum absolute atomic E-state index is 0.0367. The van der Waals surface area contributed by atoms with Crippen LogP contribution in [0.5, 0.6) is 0 Å². The van der Waals surface area contributed by atoms with Crippen molar-refractivity contribution < 1.29 is 33.8 Å². The summed E-state index contributed by atoms with van der Waals surface area (Å²) in [6, 6.07) is 14.9. The Balaban J connectivity index is 1.50. The number of hydrogen-bond acceptors (Lipinski definition) is 7. The summed E-state index contributed by atoms with van der Waals surface area (Å²) in [5, 5.41) is 9.68. The first-order valence-corrected chi connectivity index (χ1v) is 16.7. The molecule has 2 fully saturated rings. The van der Waals surface area contributed by atoms with Crippen LogP contribution in [-0.4, -0.2) is 80.5 Å². The number of carbonyl (C=O) groups is 3. The van der Waals surface area contributed by atoms with Crippen molar-refractivity contribution in [2.24, 2.45) is 5.92 Å². The molecule has 214 valence electrons. The molecule has 5 rings (SSSR count). The van der Waals surface area contributed by atoms with E-state index < -0.39 is 37.6 Å². The highest BCUT2D eigenvalue weighted by molar-refractivity contribution is 6.71. The second kappa shape index (κ2) is 10.6. The first-order valence-electron chi connectivity index (χ1n) is 13.7. The van der Waals surface area contributed by atoms with E-state index in [-0.39, 0.29) is 38.0 Å². The van der Waals surface area contributed by atoms with Gasteiger partial charge in [0.15, 0.2) is 13.9 Å². The van der Waals surface area contributed by atoms with Gasteiger partial charge in [0.25, 0.3) is 5.91 Å². The molecular weight excluding hydrogens is 530 g/mol. The van der Waals surface area contributed by atoms with Crippen LogP contribution in [0.2, 0.25) is 18.6 Å². The normalized spacial score (nSPS) is 26.0. The largest absolute Gasteiger partial charge is 0.447 e. The van der Waals surface area contributed by atoms with E-state index in [1.165, 1.54) is 4.90 Å². The zero-order valence-electron chi connectivity index (χ0n) is 23.4. The molecule has 2 aromatic rings. The van der Waals surface area contributed by atoms with E-state index in [1.54, 1.807) is 35.0 Å². The second-order valence-corrected chi connectivity index (χ2v) is 15.4. The summed E-state index contributed by atoms with van der Waals surface area (Å²) in [6.45, 7) is 6.53. The van der Waals surface area contributed by atoms with Crippen molar-refractivity contribution in [3.63, 3.8) is 0 Å². The van der Waals surface area contributed by atoms with Crippen LogP contribution in [0.3, 0.4) is 0 Å². The monoisotopic (exact) mass is 567 g/mol. The summed E-state index contributed by atoms with van der Waals surface area (Å²) in [4.78, 5) is 56.0. The van der Waals surface area contributed by atoms with Crippen molar-refractivity contribution in [2.45, 2.75) is 50.2 Å². The summed E-state index contributed by atoms with van der Waals surface area (Å²) >= 11 is 0. The molecule has 0 aliphatic carbocycles. The van der Waals surface area contributed by atoms with Crippen molar-refractivity contribution in [3.8, 4) is 0 Å². The predicted molar refractivity (Wildman–Crippen MR) is 151 cm³/mol. The summed E-state index contributed by atoms with van der Waals surface area (Å²) in [5.41, 5.74) is 1.00. The van der Waals surface area contributed by atoms with Crippen molar-refractivity contribution in [3.05, 3.63) is 59.7 Å². The lowest BCUT2D eigenvalue weighted by molar-refractivity contribution is -0.149. The fourth-order valence-corrected chi connectivity index (χ4v) is 9.24. The summed E-state index contributed by atoms with van der Waals surface area (Å²) in [7, 11) is -1.27. The zero-order valence-corrected chi connectivity index (χ0v) is 24.4. The van der Waals surface area contributed by atoms with Gasteiger partial charge in [0.1, 0.15) is 6.61 Å². The Morgan fingerprint density at radius 1 is 1.18 bits per heavy atom. The van der Waals surface area contributed by atoms with Gasteiger partial charge in [0.05, 0.1) is 31.4 Å². The van der Waals surface area contributed by atoms with Gasteiger partial charge in [0, 0.05) is 42.8 Å². The van der Waals surface area contributed by atoms with E-state index in [0.29, 0.717) is 30.0 Å². The fourth-order valence-electron chi connectivity index (χ4n) is 6.68. The van der Waals surface area contributed by atoms with Gasteiger partial charge >= 0.3 is 6.09 Å². The summed E-state index contributed by atoms with van der Waals surface area (Å²) < 4.78 is 11.8. The third-order valence-electron chi connectivity index (χ3n) is 8.48. The third kappa shape index (κ3) is 4.70. The van der Waals surface area contributed by atoms with E-state index in [2.05, 4.69) is 0 Å². The third-order valence-corrected chi connectivity index (χ3v) is 11.0. The molecule has 2 N–H and O–H groups in total. The van der Waals surface area contributed by atoms with Gasteiger partial charge in [0.2, 0.25) is 5.91 Å². The number of benzene rings is 2. The number of fused-ring (bicyclic) bond motifs is 2. The Labute approximate surface area is 235 Å². The molecule has 0 bridgehead atoms. The van der Waals surface area contributed by atoms with E-state index in [9.17, 15) is 24.3 Å². The summed E-state index contributed by atoms with van der Waals surface area (Å²) in [6.07, 6.45) is -1.19. The van der Waals surface area contributed by atoms with Gasteiger partial charge in [-0.3, -0.25) is 14.5 Å². The van der Waals surface area contributed by atoms with Crippen LogP contribution in [-0.2, 0) is 31.2 Å². The van der Waals surface area contributed by atoms with Crippen LogP contribution in [0, 0.1) is 5.92 Å². The van der Waals surface area contributed by atoms with Gasteiger partial charge in [-0.2, -0.15) is 0 Å². The molecular formula is C29H37N3O7Si. The fraction of sp³-hybridized carbons (Fsp3) is 0.483. The number of aliphatic hydroxyl groups excluding tert-OH is 1. The Kier molecular flexibility index (Phi) is 7.51. The molecule has 3 aliphatic rings. The number of ether oxygens (including phenoxy) is 2. The molecule has 0 unspecified atom stereocenters. The molecule has 0 saturated carbocycles. The molecule has 1 spiro atoms. The van der Waals surface area contributed by atoms with Crippen LogP contribution >= 0.6 is 0 Å². The van der Waals surface area contributed by atoms with Gasteiger partial charge in [-0.05, 0) is 36.9 Å². The van der Waals surface area contributed by atoms with Crippen LogP contribution < -0.4 is 9.80 Å². The maximum atomic E-state index is 14.0. The molecule has 3 amide bonds. The van der Waals surface area contributed by atoms with E-state index in [4.69, 9.17) is 9.47 Å². The van der Waals surface area contributed by atoms with Crippen LogP contribution in [0.4, 0.5) is 16.2 Å². The quantitative estimate of drug-likeness (QED) is 0.471. The smallest absolute Gasteiger partial charge is 0.414 e. The van der Waals surface area contributed by atoms with Crippen molar-refractivity contribution in [1.82, 2.24) is 4.90 Å². The van der Waals surface area contributed by atoms with Crippen molar-refractivity contribution in [2.75, 3.05) is 43.2 Å². The highest BCUT2D eigenvalue weighted by atomic mass is 28.4. The molecule has 4 atom stereocenters. The van der Waals surface area contributed by atoms with Gasteiger partial charge < -0.3 is 29.2 Å². The van der Waals surface area contributed by atoms with Crippen LogP contribution in [0.15, 0.2) is 48.5 Å². The van der Waals surface area contributed by atoms with E-state index in [1.807, 2.05) is 50.3 Å². The predicted octanol–water partition coefficient (Wildman–Crippen LogP) is 2.83. The van der Waals surface area contributed by atoms with Crippen molar-refractivity contribution >= 4 is 37.6 Å². The maximum absolute atomic E-state index is 14.0. The molecule has 2 saturated heterocycles. The van der Waals surface area contributed by atoms with E-state index in [0.717, 1.165) is 5.56 Å². The van der Waals surface area contributed by atoms with E-state index >= 15 is 0 Å². The number of carbonyl (C=O) groups excluding carboxylic acids is 3. The molecule has 10 nitrogen and oxygen atoms in total. The number of amides is 3. The molecule has 40 heavy (non-hydrogen) atoms.